The molecule has 4 rings (SSSR count). The summed E-state index contributed by atoms with van der Waals surface area (Å²) in [5, 5.41) is 0. The predicted molar refractivity (Wildman–Crippen MR) is 115 cm³/mol. The molecule has 0 radical (unpaired) electrons. The minimum Gasteiger partial charge on any atom is -0.318 e. The highest BCUT2D eigenvalue weighted by Crippen LogP contribution is 2.32. The molecule has 2 amide bonds. The minimum absolute atomic E-state index is 0.0216. The van der Waals surface area contributed by atoms with E-state index < -0.39 is 0 Å². The smallest absolute Gasteiger partial charge is 0.318 e. The van der Waals surface area contributed by atoms with Gasteiger partial charge in [-0.1, -0.05) is 84.9 Å². The van der Waals surface area contributed by atoms with Crippen molar-refractivity contribution >= 4 is 17.3 Å². The van der Waals surface area contributed by atoms with Crippen LogP contribution in [0.3, 0.4) is 0 Å². The van der Waals surface area contributed by atoms with Crippen LogP contribution in [0.4, 0.5) is 10.5 Å². The number of carbonyl (C=O) groups is 1. The number of aryl methyl sites for hydroxylation is 1. The van der Waals surface area contributed by atoms with Gasteiger partial charge in [0.05, 0.1) is 6.04 Å². The third-order valence-electron chi connectivity index (χ3n) is 5.26. The molecular formula is C25H24N2O. The van der Waals surface area contributed by atoms with Gasteiger partial charge in [0, 0.05) is 18.8 Å². The van der Waals surface area contributed by atoms with Gasteiger partial charge in [-0.25, -0.2) is 4.79 Å². The molecule has 28 heavy (non-hydrogen) atoms. The second kappa shape index (κ2) is 7.73. The molecule has 3 nitrogen and oxygen atoms in total. The third kappa shape index (κ3) is 3.56. The van der Waals surface area contributed by atoms with Crippen LogP contribution >= 0.6 is 0 Å². The van der Waals surface area contributed by atoms with Crippen molar-refractivity contribution in [3.8, 4) is 0 Å². The minimum atomic E-state index is -0.0960. The Morgan fingerprint density at radius 3 is 2.18 bits per heavy atom. The summed E-state index contributed by atoms with van der Waals surface area (Å²) in [4.78, 5) is 17.1. The van der Waals surface area contributed by atoms with Crippen molar-refractivity contribution in [1.29, 1.82) is 0 Å². The number of carbonyl (C=O) groups excluding carboxylic acids is 1. The Kier molecular flexibility index (Phi) is 4.98. The van der Waals surface area contributed by atoms with Crippen LogP contribution in [-0.4, -0.2) is 23.5 Å². The Bertz CT molecular complexity index is 964. The molecule has 0 aliphatic carbocycles. The topological polar surface area (TPSA) is 23.6 Å². The number of rotatable bonds is 5. The number of anilines is 1. The van der Waals surface area contributed by atoms with Gasteiger partial charge in [0.1, 0.15) is 0 Å². The lowest BCUT2D eigenvalue weighted by Crippen LogP contribution is -2.35. The number of urea groups is 1. The van der Waals surface area contributed by atoms with Crippen LogP contribution in [0.2, 0.25) is 0 Å². The van der Waals surface area contributed by atoms with Crippen molar-refractivity contribution in [1.82, 2.24) is 4.90 Å². The molecule has 1 unspecified atom stereocenters. The van der Waals surface area contributed by atoms with E-state index in [0.29, 0.717) is 13.1 Å². The molecule has 3 heteroatoms. The van der Waals surface area contributed by atoms with Crippen LogP contribution < -0.4 is 4.90 Å². The Balaban J connectivity index is 1.66. The van der Waals surface area contributed by atoms with Crippen molar-refractivity contribution in [3.05, 3.63) is 108 Å². The third-order valence-corrected chi connectivity index (χ3v) is 5.26. The average molecular weight is 368 g/mol. The summed E-state index contributed by atoms with van der Waals surface area (Å²) in [7, 11) is 0. The number of hydrogen-bond donors (Lipinski definition) is 0. The van der Waals surface area contributed by atoms with Crippen LogP contribution in [0.1, 0.15) is 16.7 Å². The van der Waals surface area contributed by atoms with Gasteiger partial charge < -0.3 is 4.90 Å². The van der Waals surface area contributed by atoms with Crippen LogP contribution in [0.25, 0.3) is 5.57 Å². The van der Waals surface area contributed by atoms with Crippen LogP contribution in [0.5, 0.6) is 0 Å². The monoisotopic (exact) mass is 368 g/mol. The highest BCUT2D eigenvalue weighted by atomic mass is 16.2. The maximum Gasteiger partial charge on any atom is 0.325 e. The fourth-order valence-corrected chi connectivity index (χ4v) is 3.70. The van der Waals surface area contributed by atoms with Crippen molar-refractivity contribution in [2.24, 2.45) is 0 Å². The molecule has 1 aliphatic rings. The highest BCUT2D eigenvalue weighted by Gasteiger charge is 2.39. The second-order valence-corrected chi connectivity index (χ2v) is 7.26. The fraction of sp³-hybridized carbons (Fsp3) is 0.160. The van der Waals surface area contributed by atoms with Gasteiger partial charge in [-0.2, -0.15) is 0 Å². The van der Waals surface area contributed by atoms with E-state index in [2.05, 4.69) is 49.9 Å². The molecular weight excluding hydrogens is 344 g/mol. The fourth-order valence-electron chi connectivity index (χ4n) is 3.70. The maximum absolute atomic E-state index is 13.3. The van der Waals surface area contributed by atoms with E-state index in [4.69, 9.17) is 0 Å². The molecule has 1 fully saturated rings. The molecule has 0 spiro atoms. The zero-order valence-corrected chi connectivity index (χ0v) is 16.1. The van der Waals surface area contributed by atoms with E-state index in [1.807, 2.05) is 58.3 Å². The first-order valence-corrected chi connectivity index (χ1v) is 9.56. The lowest BCUT2D eigenvalue weighted by Gasteiger charge is -2.25. The number of amides is 2. The summed E-state index contributed by atoms with van der Waals surface area (Å²) in [5.74, 6) is 0. The van der Waals surface area contributed by atoms with Crippen molar-refractivity contribution in [3.63, 3.8) is 0 Å². The zero-order chi connectivity index (χ0) is 19.5. The molecule has 140 valence electrons. The first-order valence-electron chi connectivity index (χ1n) is 9.56. The average Bonchev–Trinajstić information content (AvgIpc) is 3.05. The molecule has 1 aliphatic heterocycles. The summed E-state index contributed by atoms with van der Waals surface area (Å²) >= 11 is 0. The van der Waals surface area contributed by atoms with E-state index in [-0.39, 0.29) is 12.1 Å². The summed E-state index contributed by atoms with van der Waals surface area (Å²) < 4.78 is 0. The first kappa shape index (κ1) is 18.1. The summed E-state index contributed by atoms with van der Waals surface area (Å²) in [6.45, 7) is 7.66. The normalized spacial score (nSPS) is 16.5. The molecule has 0 bridgehead atoms. The van der Waals surface area contributed by atoms with E-state index in [0.717, 1.165) is 22.4 Å². The molecule has 3 aromatic carbocycles. The van der Waals surface area contributed by atoms with Gasteiger partial charge in [-0.3, -0.25) is 4.90 Å². The highest BCUT2D eigenvalue weighted by molar-refractivity contribution is 5.98. The van der Waals surface area contributed by atoms with Crippen LogP contribution in [-0.2, 0) is 6.54 Å². The van der Waals surface area contributed by atoms with Gasteiger partial charge in [-0.15, -0.1) is 0 Å². The van der Waals surface area contributed by atoms with Crippen molar-refractivity contribution in [2.45, 2.75) is 19.5 Å². The number of para-hydroxylation sites is 1. The molecule has 1 atom stereocenters. The maximum atomic E-state index is 13.3. The van der Waals surface area contributed by atoms with Crippen LogP contribution in [0.15, 0.2) is 91.5 Å². The Morgan fingerprint density at radius 1 is 0.929 bits per heavy atom. The Morgan fingerprint density at radius 2 is 1.54 bits per heavy atom. The summed E-state index contributed by atoms with van der Waals surface area (Å²) in [6, 6.07) is 28.3. The van der Waals surface area contributed by atoms with Crippen molar-refractivity contribution in [2.75, 3.05) is 11.4 Å². The van der Waals surface area contributed by atoms with Crippen LogP contribution in [0, 0.1) is 6.92 Å². The number of hydrogen-bond acceptors (Lipinski definition) is 1. The zero-order valence-electron chi connectivity index (χ0n) is 16.1. The predicted octanol–water partition coefficient (Wildman–Crippen LogP) is 5.52. The summed E-state index contributed by atoms with van der Waals surface area (Å²) in [5.41, 5.74) is 5.29. The Labute approximate surface area is 166 Å². The largest absolute Gasteiger partial charge is 0.325 e. The van der Waals surface area contributed by atoms with E-state index >= 15 is 0 Å². The van der Waals surface area contributed by atoms with E-state index in [1.165, 1.54) is 5.56 Å². The molecule has 3 aromatic rings. The van der Waals surface area contributed by atoms with Gasteiger partial charge >= 0.3 is 6.03 Å². The lowest BCUT2D eigenvalue weighted by molar-refractivity contribution is 0.218. The Hall–Kier alpha value is -3.33. The van der Waals surface area contributed by atoms with Gasteiger partial charge in [0.25, 0.3) is 0 Å². The molecule has 1 saturated heterocycles. The van der Waals surface area contributed by atoms with Gasteiger partial charge in [0.15, 0.2) is 0 Å². The van der Waals surface area contributed by atoms with Gasteiger partial charge in [-0.05, 0) is 35.8 Å². The molecule has 1 heterocycles. The SMILES string of the molecule is C=C(c1ccc(C)cc1)C1CN(Cc2ccccc2)C(=O)N1c1ccccc1. The summed E-state index contributed by atoms with van der Waals surface area (Å²) in [6.07, 6.45) is 0. The second-order valence-electron chi connectivity index (χ2n) is 7.26. The number of benzene rings is 3. The lowest BCUT2D eigenvalue weighted by atomic mass is 9.98. The van der Waals surface area contributed by atoms with Crippen molar-refractivity contribution < 1.29 is 4.79 Å². The molecule has 0 aromatic heterocycles. The van der Waals surface area contributed by atoms with E-state index in [9.17, 15) is 4.79 Å². The standard InChI is InChI=1S/C25H24N2O/c1-19-13-15-22(16-14-19)20(2)24-18-26(17-21-9-5-3-6-10-21)25(28)27(24)23-11-7-4-8-12-23/h3-16,24H,2,17-18H2,1H3. The molecule has 0 N–H and O–H groups in total. The molecule has 0 saturated carbocycles. The first-order chi connectivity index (χ1) is 13.6. The quantitative estimate of drug-likeness (QED) is 0.582. The number of nitrogens with zero attached hydrogens (tertiary/aromatic N) is 2. The van der Waals surface area contributed by atoms with Gasteiger partial charge in [0.2, 0.25) is 0 Å². The van der Waals surface area contributed by atoms with E-state index in [1.54, 1.807) is 0 Å².